The van der Waals surface area contributed by atoms with Crippen LogP contribution in [0.5, 0.6) is 5.75 Å². The van der Waals surface area contributed by atoms with Crippen LogP contribution in [0.4, 0.5) is 11.4 Å². The number of aromatic carboxylic acids is 1. The number of hydrogen-bond acceptors (Lipinski definition) is 6. The highest BCUT2D eigenvalue weighted by atomic mass is 16.6. The molecule has 2 rings (SSSR count). The van der Waals surface area contributed by atoms with Crippen LogP contribution in [0.25, 0.3) is 0 Å². The van der Waals surface area contributed by atoms with Gasteiger partial charge in [0.15, 0.2) is 0 Å². The maximum Gasteiger partial charge on any atom is 0.339 e. The van der Waals surface area contributed by atoms with Crippen LogP contribution in [-0.2, 0) is 0 Å². The minimum absolute atomic E-state index is 0.0671. The minimum atomic E-state index is -1.11. The number of nitro groups is 2. The van der Waals surface area contributed by atoms with E-state index in [2.05, 4.69) is 0 Å². The molecular formula is C13H10N2O7. The largest absolute Gasteiger partial charge is 0.507 e. The second kappa shape index (κ2) is 7.33. The van der Waals surface area contributed by atoms with Crippen molar-refractivity contribution in [1.29, 1.82) is 0 Å². The molecule has 0 saturated heterocycles. The summed E-state index contributed by atoms with van der Waals surface area (Å²) in [7, 11) is 0. The summed E-state index contributed by atoms with van der Waals surface area (Å²) in [4.78, 5) is 29.2. The van der Waals surface area contributed by atoms with Crippen molar-refractivity contribution in [2.45, 2.75) is 0 Å². The molecule has 0 spiro atoms. The molecule has 0 aliphatic carbocycles. The molecule has 2 aromatic carbocycles. The first-order valence-corrected chi connectivity index (χ1v) is 5.73. The fourth-order valence-electron chi connectivity index (χ4n) is 1.37. The summed E-state index contributed by atoms with van der Waals surface area (Å²) >= 11 is 0. The molecule has 0 aliphatic heterocycles. The van der Waals surface area contributed by atoms with Crippen LogP contribution in [0.1, 0.15) is 10.4 Å². The van der Waals surface area contributed by atoms with Crippen molar-refractivity contribution in [3.05, 3.63) is 74.3 Å². The predicted molar refractivity (Wildman–Crippen MR) is 74.8 cm³/mol. The lowest BCUT2D eigenvalue weighted by Gasteiger charge is -1.95. The molecule has 0 amide bonds. The first-order chi connectivity index (χ1) is 10.3. The molecule has 0 heterocycles. The first kappa shape index (κ1) is 16.6. The minimum Gasteiger partial charge on any atom is -0.507 e. The lowest BCUT2D eigenvalue weighted by Crippen LogP contribution is -1.95. The van der Waals surface area contributed by atoms with Crippen LogP contribution in [0, 0.1) is 20.2 Å². The van der Waals surface area contributed by atoms with E-state index < -0.39 is 15.8 Å². The smallest absolute Gasteiger partial charge is 0.339 e. The van der Waals surface area contributed by atoms with Crippen molar-refractivity contribution in [1.82, 2.24) is 0 Å². The highest BCUT2D eigenvalue weighted by Crippen LogP contribution is 2.18. The third-order valence-electron chi connectivity index (χ3n) is 2.39. The standard InChI is InChI=1S/C7H6O3.C6H4N2O4/c8-6-4-2-1-3-5(6)7(9)10;9-7(10)5-2-1-3-6(4-5)8(11)12/h1-4,8H,(H,9,10);1-4H. The van der Waals surface area contributed by atoms with Crippen molar-refractivity contribution in [2.75, 3.05) is 0 Å². The van der Waals surface area contributed by atoms with Crippen LogP contribution in [0.3, 0.4) is 0 Å². The van der Waals surface area contributed by atoms with E-state index in [-0.39, 0.29) is 22.7 Å². The van der Waals surface area contributed by atoms with Crippen LogP contribution >= 0.6 is 0 Å². The molecule has 2 aromatic rings. The van der Waals surface area contributed by atoms with Crippen molar-refractivity contribution >= 4 is 17.3 Å². The number of aromatic hydroxyl groups is 1. The quantitative estimate of drug-likeness (QED) is 0.654. The Labute approximate surface area is 123 Å². The van der Waals surface area contributed by atoms with E-state index in [1.165, 1.54) is 30.3 Å². The summed E-state index contributed by atoms with van der Waals surface area (Å²) < 4.78 is 0. The van der Waals surface area contributed by atoms with Gasteiger partial charge >= 0.3 is 5.97 Å². The van der Waals surface area contributed by atoms with E-state index in [0.717, 1.165) is 6.07 Å². The van der Waals surface area contributed by atoms with Gasteiger partial charge in [-0.3, -0.25) is 20.2 Å². The van der Waals surface area contributed by atoms with Crippen LogP contribution in [0.2, 0.25) is 0 Å². The summed E-state index contributed by atoms with van der Waals surface area (Å²) in [5.41, 5.74) is -0.615. The molecule has 0 aliphatic rings. The summed E-state index contributed by atoms with van der Waals surface area (Å²) in [6.45, 7) is 0. The molecule has 0 fully saturated rings. The van der Waals surface area contributed by atoms with Gasteiger partial charge in [0.1, 0.15) is 11.3 Å². The Morgan fingerprint density at radius 3 is 1.77 bits per heavy atom. The Morgan fingerprint density at radius 2 is 1.41 bits per heavy atom. The summed E-state index contributed by atoms with van der Waals surface area (Å²) in [6, 6.07) is 10.4. The number of carboxylic acid groups (broad SMARTS) is 1. The zero-order chi connectivity index (χ0) is 16.7. The number of rotatable bonds is 3. The number of phenols is 1. The number of benzene rings is 2. The predicted octanol–water partition coefficient (Wildman–Crippen LogP) is 2.59. The zero-order valence-electron chi connectivity index (χ0n) is 10.9. The fraction of sp³-hybridized carbons (Fsp3) is 0. The number of carbonyl (C=O) groups is 1. The molecule has 9 heteroatoms. The monoisotopic (exact) mass is 306 g/mol. The average molecular weight is 306 g/mol. The van der Waals surface area contributed by atoms with Crippen molar-refractivity contribution in [2.24, 2.45) is 0 Å². The van der Waals surface area contributed by atoms with Gasteiger partial charge < -0.3 is 10.2 Å². The van der Waals surface area contributed by atoms with E-state index in [9.17, 15) is 25.0 Å². The van der Waals surface area contributed by atoms with Crippen molar-refractivity contribution in [3.8, 4) is 5.75 Å². The molecule has 2 N–H and O–H groups in total. The van der Waals surface area contributed by atoms with Gasteiger partial charge in [-0.2, -0.15) is 0 Å². The number of para-hydroxylation sites is 1. The topological polar surface area (TPSA) is 144 Å². The molecule has 114 valence electrons. The average Bonchev–Trinajstić information content (AvgIpc) is 2.48. The van der Waals surface area contributed by atoms with E-state index in [4.69, 9.17) is 10.2 Å². The van der Waals surface area contributed by atoms with Gasteiger partial charge in [0.2, 0.25) is 0 Å². The highest BCUT2D eigenvalue weighted by Gasteiger charge is 2.11. The second-order valence-corrected chi connectivity index (χ2v) is 3.86. The van der Waals surface area contributed by atoms with Gasteiger partial charge in [0.05, 0.1) is 15.9 Å². The maximum absolute atomic E-state index is 10.3. The normalized spacial score (nSPS) is 9.27. The molecule has 22 heavy (non-hydrogen) atoms. The fourth-order valence-corrected chi connectivity index (χ4v) is 1.37. The Morgan fingerprint density at radius 1 is 0.909 bits per heavy atom. The number of hydrogen-bond donors (Lipinski definition) is 2. The number of non-ortho nitro benzene ring substituents is 2. The molecule has 0 radical (unpaired) electrons. The van der Waals surface area contributed by atoms with Crippen molar-refractivity contribution in [3.63, 3.8) is 0 Å². The third-order valence-corrected chi connectivity index (χ3v) is 2.39. The van der Waals surface area contributed by atoms with Gasteiger partial charge in [-0.25, -0.2) is 4.79 Å². The van der Waals surface area contributed by atoms with E-state index in [0.29, 0.717) is 0 Å². The van der Waals surface area contributed by atoms with Crippen LogP contribution in [-0.4, -0.2) is 26.0 Å². The summed E-state index contributed by atoms with van der Waals surface area (Å²) in [5, 5.41) is 37.6. The lowest BCUT2D eigenvalue weighted by atomic mass is 10.2. The van der Waals surface area contributed by atoms with E-state index in [1.807, 2.05) is 0 Å². The molecule has 0 bridgehead atoms. The van der Waals surface area contributed by atoms with Gasteiger partial charge in [-0.15, -0.1) is 0 Å². The SMILES string of the molecule is O=C(O)c1ccccc1O.O=[N+]([O-])c1cccc([N+](=O)[O-])c1. The van der Waals surface area contributed by atoms with E-state index >= 15 is 0 Å². The number of nitrogens with zero attached hydrogens (tertiary/aromatic N) is 2. The lowest BCUT2D eigenvalue weighted by molar-refractivity contribution is -0.394. The second-order valence-electron chi connectivity index (χ2n) is 3.86. The molecule has 0 saturated carbocycles. The zero-order valence-corrected chi connectivity index (χ0v) is 10.9. The maximum atomic E-state index is 10.3. The van der Waals surface area contributed by atoms with Gasteiger partial charge in [-0.05, 0) is 18.2 Å². The van der Waals surface area contributed by atoms with Crippen LogP contribution < -0.4 is 0 Å². The Kier molecular flexibility index (Phi) is 5.52. The van der Waals surface area contributed by atoms with Gasteiger partial charge in [-0.1, -0.05) is 12.1 Å². The number of nitro benzene ring substituents is 2. The van der Waals surface area contributed by atoms with Gasteiger partial charge in [0, 0.05) is 12.1 Å². The number of carboxylic acids is 1. The molecule has 9 nitrogen and oxygen atoms in total. The Hall–Kier alpha value is -3.49. The molecule has 0 aromatic heterocycles. The highest BCUT2D eigenvalue weighted by molar-refractivity contribution is 5.90. The van der Waals surface area contributed by atoms with E-state index in [1.54, 1.807) is 12.1 Å². The Balaban J connectivity index is 0.000000224. The summed E-state index contributed by atoms with van der Waals surface area (Å²) in [5.74, 6) is -1.31. The first-order valence-electron chi connectivity index (χ1n) is 5.73. The van der Waals surface area contributed by atoms with Crippen LogP contribution in [0.15, 0.2) is 48.5 Å². The Bertz CT molecular complexity index is 686. The molecule has 0 atom stereocenters. The molecule has 0 unspecified atom stereocenters. The van der Waals surface area contributed by atoms with Crippen molar-refractivity contribution < 1.29 is 24.9 Å². The van der Waals surface area contributed by atoms with Gasteiger partial charge in [0.25, 0.3) is 11.4 Å². The molecular weight excluding hydrogens is 296 g/mol. The summed E-state index contributed by atoms with van der Waals surface area (Å²) in [6.07, 6.45) is 0. The third kappa shape index (κ3) is 4.56.